The number of aromatic nitrogens is 2. The predicted octanol–water partition coefficient (Wildman–Crippen LogP) is 4.58. The van der Waals surface area contributed by atoms with Crippen LogP contribution in [0.5, 0.6) is 0 Å². The Labute approximate surface area is 185 Å². The third-order valence-electron chi connectivity index (χ3n) is 4.94. The molecule has 0 aliphatic carbocycles. The molecule has 32 heavy (non-hydrogen) atoms. The smallest absolute Gasteiger partial charge is 0.277 e. The number of pyridine rings is 1. The second-order valence-electron chi connectivity index (χ2n) is 7.12. The van der Waals surface area contributed by atoms with Crippen molar-refractivity contribution in [1.82, 2.24) is 10.1 Å². The lowest BCUT2D eigenvalue weighted by molar-refractivity contribution is -0.117. The Morgan fingerprint density at radius 3 is 2.47 bits per heavy atom. The van der Waals surface area contributed by atoms with Crippen LogP contribution in [0.3, 0.4) is 0 Å². The van der Waals surface area contributed by atoms with Crippen LogP contribution in [0.4, 0.5) is 11.4 Å². The minimum atomic E-state index is -0.381. The molecular weight excluding hydrogens is 404 g/mol. The van der Waals surface area contributed by atoms with E-state index in [0.717, 1.165) is 16.8 Å². The molecule has 0 saturated heterocycles. The van der Waals surface area contributed by atoms with Crippen LogP contribution in [0.1, 0.15) is 23.0 Å². The molecule has 0 fully saturated rings. The van der Waals surface area contributed by atoms with E-state index in [-0.39, 0.29) is 23.9 Å². The predicted molar refractivity (Wildman–Crippen MR) is 122 cm³/mol. The summed E-state index contributed by atoms with van der Waals surface area (Å²) in [6.45, 7) is 2.54. The molecular formula is C25H22N4O3. The number of para-hydroxylation sites is 1. The molecule has 0 aliphatic rings. The highest BCUT2D eigenvalue weighted by Crippen LogP contribution is 2.20. The number of amides is 2. The maximum atomic E-state index is 12.7. The third kappa shape index (κ3) is 4.89. The molecule has 0 aliphatic heterocycles. The SMILES string of the molecule is CCN(C(=O)Cc1ccc(NC(=O)c2cc(-c3cccnc3)on2)cc1)c1ccccc1. The average molecular weight is 426 g/mol. The zero-order chi connectivity index (χ0) is 22.3. The molecule has 4 rings (SSSR count). The summed E-state index contributed by atoms with van der Waals surface area (Å²) in [6.07, 6.45) is 3.57. The largest absolute Gasteiger partial charge is 0.355 e. The number of likely N-dealkylation sites (N-methyl/N-ethyl adjacent to an activating group) is 1. The van der Waals surface area contributed by atoms with Gasteiger partial charge in [-0.25, -0.2) is 0 Å². The van der Waals surface area contributed by atoms with Crippen molar-refractivity contribution in [2.24, 2.45) is 0 Å². The van der Waals surface area contributed by atoms with E-state index >= 15 is 0 Å². The van der Waals surface area contributed by atoms with Crippen LogP contribution in [0.15, 0.2) is 89.7 Å². The van der Waals surface area contributed by atoms with Crippen LogP contribution in [0, 0.1) is 0 Å². The highest BCUT2D eigenvalue weighted by Gasteiger charge is 2.16. The van der Waals surface area contributed by atoms with Gasteiger partial charge in [-0.3, -0.25) is 14.6 Å². The first-order valence-electron chi connectivity index (χ1n) is 10.3. The Kier molecular flexibility index (Phi) is 6.36. The van der Waals surface area contributed by atoms with E-state index < -0.39 is 0 Å². The number of nitrogens with zero attached hydrogens (tertiary/aromatic N) is 3. The molecule has 7 nitrogen and oxygen atoms in total. The monoisotopic (exact) mass is 426 g/mol. The first kappa shape index (κ1) is 21.0. The van der Waals surface area contributed by atoms with E-state index in [9.17, 15) is 9.59 Å². The number of rotatable bonds is 7. The number of nitrogens with one attached hydrogen (secondary N) is 1. The van der Waals surface area contributed by atoms with Crippen LogP contribution < -0.4 is 10.2 Å². The summed E-state index contributed by atoms with van der Waals surface area (Å²) < 4.78 is 5.25. The molecule has 160 valence electrons. The summed E-state index contributed by atoms with van der Waals surface area (Å²) in [5.74, 6) is 0.103. The number of hydrogen-bond donors (Lipinski definition) is 1. The van der Waals surface area contributed by atoms with Gasteiger partial charge >= 0.3 is 0 Å². The second kappa shape index (κ2) is 9.70. The summed E-state index contributed by atoms with van der Waals surface area (Å²) in [4.78, 5) is 31.0. The molecule has 7 heteroatoms. The Balaban J connectivity index is 1.38. The van der Waals surface area contributed by atoms with Crippen molar-refractivity contribution >= 4 is 23.2 Å². The van der Waals surface area contributed by atoms with E-state index in [2.05, 4.69) is 15.5 Å². The highest BCUT2D eigenvalue weighted by atomic mass is 16.5. The van der Waals surface area contributed by atoms with Crippen LogP contribution >= 0.6 is 0 Å². The van der Waals surface area contributed by atoms with Crippen LogP contribution in [0.2, 0.25) is 0 Å². The molecule has 4 aromatic rings. The molecule has 1 N–H and O–H groups in total. The van der Waals surface area contributed by atoms with Crippen molar-refractivity contribution in [2.75, 3.05) is 16.8 Å². The fourth-order valence-corrected chi connectivity index (χ4v) is 3.31. The lowest BCUT2D eigenvalue weighted by atomic mass is 10.1. The summed E-state index contributed by atoms with van der Waals surface area (Å²) in [6, 6.07) is 22.0. The zero-order valence-corrected chi connectivity index (χ0v) is 17.6. The second-order valence-corrected chi connectivity index (χ2v) is 7.12. The summed E-state index contributed by atoms with van der Waals surface area (Å²) >= 11 is 0. The lowest BCUT2D eigenvalue weighted by Crippen LogP contribution is -2.31. The molecule has 0 unspecified atom stereocenters. The van der Waals surface area contributed by atoms with Gasteiger partial charge in [-0.05, 0) is 48.9 Å². The van der Waals surface area contributed by atoms with Crippen LogP contribution in [0.25, 0.3) is 11.3 Å². The fraction of sp³-hybridized carbons (Fsp3) is 0.120. The van der Waals surface area contributed by atoms with Gasteiger partial charge in [0.25, 0.3) is 5.91 Å². The van der Waals surface area contributed by atoms with Crippen molar-refractivity contribution in [2.45, 2.75) is 13.3 Å². The number of benzene rings is 2. The summed E-state index contributed by atoms with van der Waals surface area (Å²) in [7, 11) is 0. The van der Waals surface area contributed by atoms with E-state index in [4.69, 9.17) is 4.52 Å². The fourth-order valence-electron chi connectivity index (χ4n) is 3.31. The summed E-state index contributed by atoms with van der Waals surface area (Å²) in [5.41, 5.74) is 3.26. The molecule has 2 aromatic heterocycles. The highest BCUT2D eigenvalue weighted by molar-refractivity contribution is 6.03. The van der Waals surface area contributed by atoms with Crippen molar-refractivity contribution in [3.8, 4) is 11.3 Å². The molecule has 2 amide bonds. The topological polar surface area (TPSA) is 88.3 Å². The van der Waals surface area contributed by atoms with Gasteiger partial charge in [0.2, 0.25) is 5.91 Å². The Morgan fingerprint density at radius 1 is 1.00 bits per heavy atom. The minimum Gasteiger partial charge on any atom is -0.355 e. The van der Waals surface area contributed by atoms with Gasteiger partial charge in [-0.15, -0.1) is 0 Å². The van der Waals surface area contributed by atoms with E-state index in [1.54, 1.807) is 41.6 Å². The summed E-state index contributed by atoms with van der Waals surface area (Å²) in [5, 5.41) is 6.63. The van der Waals surface area contributed by atoms with E-state index in [0.29, 0.717) is 18.0 Å². The van der Waals surface area contributed by atoms with Gasteiger partial charge < -0.3 is 14.7 Å². The van der Waals surface area contributed by atoms with Gasteiger partial charge in [0, 0.05) is 41.9 Å². The molecule has 2 heterocycles. The van der Waals surface area contributed by atoms with Crippen molar-refractivity contribution in [3.63, 3.8) is 0 Å². The Bertz CT molecular complexity index is 1190. The molecule has 2 aromatic carbocycles. The van der Waals surface area contributed by atoms with Crippen LogP contribution in [-0.4, -0.2) is 28.5 Å². The quantitative estimate of drug-likeness (QED) is 0.467. The van der Waals surface area contributed by atoms with E-state index in [1.807, 2.05) is 55.5 Å². The lowest BCUT2D eigenvalue weighted by Gasteiger charge is -2.21. The molecule has 0 atom stereocenters. The first-order valence-corrected chi connectivity index (χ1v) is 10.3. The number of carbonyl (C=O) groups excluding carboxylic acids is 2. The van der Waals surface area contributed by atoms with Gasteiger partial charge in [0.15, 0.2) is 11.5 Å². The van der Waals surface area contributed by atoms with Gasteiger partial charge in [0.05, 0.1) is 6.42 Å². The van der Waals surface area contributed by atoms with Gasteiger partial charge in [-0.1, -0.05) is 35.5 Å². The number of carbonyl (C=O) groups is 2. The maximum absolute atomic E-state index is 12.7. The molecule has 0 bridgehead atoms. The van der Waals surface area contributed by atoms with Crippen LogP contribution in [-0.2, 0) is 11.2 Å². The van der Waals surface area contributed by atoms with Crippen molar-refractivity contribution in [1.29, 1.82) is 0 Å². The Morgan fingerprint density at radius 2 is 1.78 bits per heavy atom. The molecule has 0 saturated carbocycles. The third-order valence-corrected chi connectivity index (χ3v) is 4.94. The average Bonchev–Trinajstić information content (AvgIpc) is 3.33. The van der Waals surface area contributed by atoms with Gasteiger partial charge in [0.1, 0.15) is 0 Å². The first-order chi connectivity index (χ1) is 15.6. The zero-order valence-electron chi connectivity index (χ0n) is 17.6. The standard InChI is InChI=1S/C25H22N4O3/c1-2-29(21-8-4-3-5-9-21)24(30)15-18-10-12-20(13-11-18)27-25(31)22-16-23(32-28-22)19-7-6-14-26-17-19/h3-14,16-17H,2,15H2,1H3,(H,27,31). The van der Waals surface area contributed by atoms with Crippen molar-refractivity contribution < 1.29 is 14.1 Å². The normalized spacial score (nSPS) is 10.5. The maximum Gasteiger partial charge on any atom is 0.277 e. The molecule has 0 radical (unpaired) electrons. The number of anilines is 2. The number of hydrogen-bond acceptors (Lipinski definition) is 5. The Hall–Kier alpha value is -4.26. The van der Waals surface area contributed by atoms with E-state index in [1.165, 1.54) is 0 Å². The van der Waals surface area contributed by atoms with Gasteiger partial charge in [-0.2, -0.15) is 0 Å². The van der Waals surface area contributed by atoms with Crippen molar-refractivity contribution in [3.05, 3.63) is 96.4 Å². The molecule has 0 spiro atoms. The minimum absolute atomic E-state index is 0.0148.